The van der Waals surface area contributed by atoms with E-state index < -0.39 is 15.9 Å². The van der Waals surface area contributed by atoms with Gasteiger partial charge in [-0.3, -0.25) is 4.79 Å². The fourth-order valence-electron chi connectivity index (χ4n) is 4.09. The molecule has 0 bridgehead atoms. The summed E-state index contributed by atoms with van der Waals surface area (Å²) in [6, 6.07) is 21.3. The summed E-state index contributed by atoms with van der Waals surface area (Å²) in [5.74, 6) is 0.384. The average molecular weight is 482 g/mol. The molecule has 7 heteroatoms. The molecule has 0 saturated heterocycles. The molecule has 1 aliphatic rings. The fraction of sp³-hybridized carbons (Fsp3) is 0.296. The Balaban J connectivity index is 1.42. The minimum absolute atomic E-state index is 0.00427. The second kappa shape index (κ2) is 9.97. The number of hydrogen-bond donors (Lipinski definition) is 0. The third-order valence-corrected chi connectivity index (χ3v) is 7.10. The van der Waals surface area contributed by atoms with Gasteiger partial charge < -0.3 is 9.08 Å². The molecule has 0 heterocycles. The predicted octanol–water partition coefficient (Wildman–Crippen LogP) is 5.38. The summed E-state index contributed by atoms with van der Waals surface area (Å²) in [4.78, 5) is 15.0. The van der Waals surface area contributed by atoms with E-state index in [4.69, 9.17) is 4.18 Å². The van der Waals surface area contributed by atoms with Crippen LogP contribution in [0.4, 0.5) is 4.39 Å². The Morgan fingerprint density at radius 3 is 2.26 bits per heavy atom. The van der Waals surface area contributed by atoms with Gasteiger partial charge in [0.15, 0.2) is 0 Å². The molecule has 1 aliphatic carbocycles. The van der Waals surface area contributed by atoms with Gasteiger partial charge in [-0.05, 0) is 65.8 Å². The van der Waals surface area contributed by atoms with E-state index in [2.05, 4.69) is 26.0 Å². The number of carbonyl (C=O) groups excluding carboxylic acids is 1. The Morgan fingerprint density at radius 2 is 1.65 bits per heavy atom. The molecule has 3 aromatic carbocycles. The van der Waals surface area contributed by atoms with Crippen molar-refractivity contribution in [2.24, 2.45) is 11.8 Å². The summed E-state index contributed by atoms with van der Waals surface area (Å²) in [5.41, 5.74) is 2.09. The molecule has 1 saturated carbocycles. The highest BCUT2D eigenvalue weighted by molar-refractivity contribution is 7.87. The van der Waals surface area contributed by atoms with Gasteiger partial charge in [-0.1, -0.05) is 56.3 Å². The van der Waals surface area contributed by atoms with Gasteiger partial charge in [0.2, 0.25) is 5.91 Å². The molecule has 1 amide bonds. The number of halogens is 1. The van der Waals surface area contributed by atoms with E-state index >= 15 is 0 Å². The third kappa shape index (κ3) is 5.83. The van der Waals surface area contributed by atoms with Gasteiger partial charge in [0, 0.05) is 19.0 Å². The Kier molecular flexibility index (Phi) is 7.03. The molecule has 0 N–H and O–H groups in total. The zero-order valence-corrected chi connectivity index (χ0v) is 20.0. The van der Waals surface area contributed by atoms with E-state index in [1.807, 2.05) is 23.1 Å². The molecule has 0 unspecified atom stereocenters. The van der Waals surface area contributed by atoms with E-state index in [9.17, 15) is 17.6 Å². The van der Waals surface area contributed by atoms with Crippen LogP contribution in [0.1, 0.15) is 37.3 Å². The summed E-state index contributed by atoms with van der Waals surface area (Å²) in [7, 11) is -4.06. The minimum atomic E-state index is -4.06. The maximum atomic E-state index is 13.3. The molecule has 178 valence electrons. The molecule has 0 aliphatic heterocycles. The van der Waals surface area contributed by atoms with Crippen molar-refractivity contribution < 1.29 is 21.8 Å². The van der Waals surface area contributed by atoms with Crippen molar-refractivity contribution in [2.75, 3.05) is 6.54 Å². The van der Waals surface area contributed by atoms with Gasteiger partial charge in [0.1, 0.15) is 16.5 Å². The topological polar surface area (TPSA) is 63.7 Å². The lowest BCUT2D eigenvalue weighted by Crippen LogP contribution is -2.35. The van der Waals surface area contributed by atoms with Crippen molar-refractivity contribution >= 4 is 16.0 Å². The number of benzene rings is 3. The zero-order chi connectivity index (χ0) is 24.3. The molecule has 1 fully saturated rings. The number of carbonyl (C=O) groups is 1. The second-order valence-corrected chi connectivity index (χ2v) is 10.7. The van der Waals surface area contributed by atoms with Crippen molar-refractivity contribution in [1.82, 2.24) is 4.90 Å². The highest BCUT2D eigenvalue weighted by Crippen LogP contribution is 2.48. The van der Waals surface area contributed by atoms with Crippen LogP contribution in [0.3, 0.4) is 0 Å². The molecular formula is C27H28FNO4S. The first-order valence-electron chi connectivity index (χ1n) is 11.4. The van der Waals surface area contributed by atoms with Crippen molar-refractivity contribution in [3.63, 3.8) is 0 Å². The Morgan fingerprint density at radius 1 is 1.00 bits per heavy atom. The van der Waals surface area contributed by atoms with Crippen LogP contribution >= 0.6 is 0 Å². The summed E-state index contributed by atoms with van der Waals surface area (Å²) >= 11 is 0. The maximum absolute atomic E-state index is 13.3. The third-order valence-electron chi connectivity index (χ3n) is 5.84. The Labute approximate surface area is 200 Å². The molecular weight excluding hydrogens is 453 g/mol. The Bertz CT molecular complexity index is 1230. The van der Waals surface area contributed by atoms with Gasteiger partial charge in [-0.25, -0.2) is 4.39 Å². The molecule has 5 nitrogen and oxygen atoms in total. The second-order valence-electron chi connectivity index (χ2n) is 9.11. The first-order valence-corrected chi connectivity index (χ1v) is 12.8. The zero-order valence-electron chi connectivity index (χ0n) is 19.2. The van der Waals surface area contributed by atoms with E-state index in [1.54, 1.807) is 24.3 Å². The van der Waals surface area contributed by atoms with E-state index in [-0.39, 0.29) is 28.4 Å². The summed E-state index contributed by atoms with van der Waals surface area (Å²) < 4.78 is 43.1. The molecule has 0 spiro atoms. The molecule has 2 atom stereocenters. The van der Waals surface area contributed by atoms with Crippen LogP contribution < -0.4 is 4.18 Å². The normalized spacial score (nSPS) is 17.4. The van der Waals surface area contributed by atoms with Crippen LogP contribution in [0.15, 0.2) is 83.8 Å². The smallest absolute Gasteiger partial charge is 0.339 e. The lowest BCUT2D eigenvalue weighted by molar-refractivity contribution is -0.133. The highest BCUT2D eigenvalue weighted by Gasteiger charge is 2.45. The van der Waals surface area contributed by atoms with E-state index in [0.29, 0.717) is 19.0 Å². The van der Waals surface area contributed by atoms with Crippen LogP contribution in [0.2, 0.25) is 0 Å². The van der Waals surface area contributed by atoms with Crippen LogP contribution in [0, 0.1) is 17.7 Å². The first-order chi connectivity index (χ1) is 16.2. The fourth-order valence-corrected chi connectivity index (χ4v) is 5.02. The van der Waals surface area contributed by atoms with Crippen LogP contribution in [0.5, 0.6) is 5.75 Å². The lowest BCUT2D eigenvalue weighted by atomic mass is 10.1. The maximum Gasteiger partial charge on any atom is 0.339 e. The van der Waals surface area contributed by atoms with Gasteiger partial charge in [0.25, 0.3) is 0 Å². The summed E-state index contributed by atoms with van der Waals surface area (Å²) in [5, 5.41) is 0. The number of nitrogens with zero attached hydrogens (tertiary/aromatic N) is 1. The van der Waals surface area contributed by atoms with Crippen molar-refractivity contribution in [1.29, 1.82) is 0 Å². The SMILES string of the molecule is CC(C)CN(Cc1ccc(OS(=O)(=O)c2ccc(F)cc2)cc1)C(=O)[C@@H]1C[C@H]1c1ccccc1. The average Bonchev–Trinajstić information content (AvgIpc) is 3.61. The van der Waals surface area contributed by atoms with Gasteiger partial charge in [-0.15, -0.1) is 0 Å². The van der Waals surface area contributed by atoms with Crippen LogP contribution in [0.25, 0.3) is 0 Å². The van der Waals surface area contributed by atoms with Gasteiger partial charge >= 0.3 is 10.1 Å². The molecule has 4 rings (SSSR count). The first kappa shape index (κ1) is 24.0. The largest absolute Gasteiger partial charge is 0.379 e. The monoisotopic (exact) mass is 481 g/mol. The van der Waals surface area contributed by atoms with E-state index in [1.165, 1.54) is 5.56 Å². The quantitative estimate of drug-likeness (QED) is 0.385. The summed E-state index contributed by atoms with van der Waals surface area (Å²) in [6.45, 7) is 5.26. The van der Waals surface area contributed by atoms with Crippen molar-refractivity contribution in [2.45, 2.75) is 37.6 Å². The predicted molar refractivity (Wildman–Crippen MR) is 128 cm³/mol. The highest BCUT2D eigenvalue weighted by atomic mass is 32.2. The number of amides is 1. The van der Waals surface area contributed by atoms with Crippen LogP contribution in [-0.4, -0.2) is 25.8 Å². The van der Waals surface area contributed by atoms with E-state index in [0.717, 1.165) is 36.2 Å². The van der Waals surface area contributed by atoms with Crippen molar-refractivity contribution in [3.8, 4) is 5.75 Å². The standard InChI is InChI=1S/C27H28FNO4S/c1-19(2)17-29(27(30)26-16-25(26)21-6-4-3-5-7-21)18-20-8-12-23(13-9-20)33-34(31,32)24-14-10-22(28)11-15-24/h3-15,19,25-26H,16-18H2,1-2H3/t25-,26+/m0/s1. The molecule has 0 radical (unpaired) electrons. The van der Waals surface area contributed by atoms with Crippen molar-refractivity contribution in [3.05, 3.63) is 95.8 Å². The summed E-state index contributed by atoms with van der Waals surface area (Å²) in [6.07, 6.45) is 0.867. The van der Waals surface area contributed by atoms with Crippen LogP contribution in [-0.2, 0) is 21.5 Å². The Hall–Kier alpha value is -3.19. The minimum Gasteiger partial charge on any atom is -0.379 e. The lowest BCUT2D eigenvalue weighted by Gasteiger charge is -2.25. The molecule has 34 heavy (non-hydrogen) atoms. The van der Waals surface area contributed by atoms with Gasteiger partial charge in [0.05, 0.1) is 0 Å². The molecule has 0 aromatic heterocycles. The molecule has 3 aromatic rings. The number of hydrogen-bond acceptors (Lipinski definition) is 4. The van der Waals surface area contributed by atoms with Gasteiger partial charge in [-0.2, -0.15) is 8.42 Å². The number of rotatable bonds is 9.